The molecule has 1 saturated carbocycles. The van der Waals surface area contributed by atoms with Crippen molar-refractivity contribution in [2.24, 2.45) is 0 Å². The SMILES string of the molecule is O=C(Nc1ccc(C2(C(=O)Nc3ccc(F)cc3)CC(F)C2)cc1)c1cccc(Cl)c1. The van der Waals surface area contributed by atoms with Gasteiger partial charge in [-0.25, -0.2) is 8.78 Å². The molecule has 3 aromatic rings. The lowest BCUT2D eigenvalue weighted by atomic mass is 9.62. The van der Waals surface area contributed by atoms with E-state index in [2.05, 4.69) is 10.6 Å². The molecule has 158 valence electrons. The number of benzene rings is 3. The Balaban J connectivity index is 1.50. The van der Waals surface area contributed by atoms with Crippen LogP contribution in [0.1, 0.15) is 28.8 Å². The van der Waals surface area contributed by atoms with Gasteiger partial charge in [0.1, 0.15) is 12.0 Å². The summed E-state index contributed by atoms with van der Waals surface area (Å²) in [4.78, 5) is 25.4. The lowest BCUT2D eigenvalue weighted by Crippen LogP contribution is -2.51. The highest BCUT2D eigenvalue weighted by Gasteiger charge is 2.51. The summed E-state index contributed by atoms with van der Waals surface area (Å²) in [5.41, 5.74) is 1.05. The second kappa shape index (κ2) is 8.47. The normalized spacial score (nSPS) is 19.9. The number of amides is 2. The second-order valence-electron chi connectivity index (χ2n) is 7.59. The summed E-state index contributed by atoms with van der Waals surface area (Å²) in [5, 5.41) is 5.99. The van der Waals surface area contributed by atoms with E-state index in [1.807, 2.05) is 0 Å². The van der Waals surface area contributed by atoms with Gasteiger partial charge in [0, 0.05) is 22.0 Å². The standard InChI is InChI=1S/C24H19ClF2N2O2/c25-17-3-1-2-15(12-17)22(30)28-20-8-4-16(5-9-20)24(13-19(27)14-24)23(31)29-21-10-6-18(26)7-11-21/h1-12,19H,13-14H2,(H,28,30)(H,29,31). The third kappa shape index (κ3) is 4.44. The molecule has 0 aromatic heterocycles. The van der Waals surface area contributed by atoms with Crippen molar-refractivity contribution >= 4 is 34.8 Å². The Labute approximate surface area is 183 Å². The van der Waals surface area contributed by atoms with Crippen LogP contribution >= 0.6 is 11.6 Å². The summed E-state index contributed by atoms with van der Waals surface area (Å²) in [7, 11) is 0. The van der Waals surface area contributed by atoms with Crippen molar-refractivity contribution in [3.8, 4) is 0 Å². The zero-order valence-electron chi connectivity index (χ0n) is 16.4. The third-order valence-electron chi connectivity index (χ3n) is 5.46. The molecule has 4 nitrogen and oxygen atoms in total. The van der Waals surface area contributed by atoms with E-state index in [1.165, 1.54) is 24.3 Å². The van der Waals surface area contributed by atoms with Gasteiger partial charge in [-0.3, -0.25) is 9.59 Å². The number of anilines is 2. The molecule has 2 N–H and O–H groups in total. The van der Waals surface area contributed by atoms with Crippen molar-refractivity contribution in [1.29, 1.82) is 0 Å². The van der Waals surface area contributed by atoms with E-state index < -0.39 is 17.4 Å². The minimum absolute atomic E-state index is 0.0637. The molecule has 1 fully saturated rings. The summed E-state index contributed by atoms with van der Waals surface area (Å²) in [5.74, 6) is -1.06. The molecular formula is C24H19ClF2N2O2. The number of carbonyl (C=O) groups is 2. The highest BCUT2D eigenvalue weighted by molar-refractivity contribution is 6.31. The van der Waals surface area contributed by atoms with Crippen LogP contribution in [0.25, 0.3) is 0 Å². The summed E-state index contributed by atoms with van der Waals surface area (Å²) < 4.78 is 26.9. The Hall–Kier alpha value is -3.25. The van der Waals surface area contributed by atoms with Gasteiger partial charge >= 0.3 is 0 Å². The maximum atomic E-state index is 13.8. The van der Waals surface area contributed by atoms with Crippen molar-refractivity contribution in [2.45, 2.75) is 24.4 Å². The number of carbonyl (C=O) groups excluding carboxylic acids is 2. The Bertz CT molecular complexity index is 1110. The van der Waals surface area contributed by atoms with Gasteiger partial charge in [0.2, 0.25) is 5.91 Å². The predicted octanol–water partition coefficient (Wildman–Crippen LogP) is 5.74. The number of nitrogens with one attached hydrogen (secondary N) is 2. The van der Waals surface area contributed by atoms with Gasteiger partial charge in [0.15, 0.2) is 0 Å². The van der Waals surface area contributed by atoms with Gasteiger partial charge in [-0.2, -0.15) is 0 Å². The van der Waals surface area contributed by atoms with Crippen molar-refractivity contribution in [3.05, 3.63) is 94.8 Å². The first kappa shape index (κ1) is 21.0. The fraction of sp³-hybridized carbons (Fsp3) is 0.167. The third-order valence-corrected chi connectivity index (χ3v) is 5.69. The van der Waals surface area contributed by atoms with Crippen LogP contribution in [-0.2, 0) is 10.2 Å². The van der Waals surface area contributed by atoms with Gasteiger partial charge in [-0.15, -0.1) is 0 Å². The van der Waals surface area contributed by atoms with Crippen LogP contribution in [0.5, 0.6) is 0 Å². The number of rotatable bonds is 5. The molecule has 3 aromatic carbocycles. The zero-order chi connectivity index (χ0) is 22.0. The van der Waals surface area contributed by atoms with Crippen LogP contribution in [0, 0.1) is 5.82 Å². The average Bonchev–Trinajstić information content (AvgIpc) is 2.73. The van der Waals surface area contributed by atoms with Gasteiger partial charge in [-0.1, -0.05) is 29.8 Å². The summed E-state index contributed by atoms with van der Waals surface area (Å²) in [6, 6.07) is 18.8. The van der Waals surface area contributed by atoms with Crippen LogP contribution in [-0.4, -0.2) is 18.0 Å². The number of hydrogen-bond donors (Lipinski definition) is 2. The lowest BCUT2D eigenvalue weighted by molar-refractivity contribution is -0.127. The molecule has 0 radical (unpaired) electrons. The van der Waals surface area contributed by atoms with E-state index in [0.29, 0.717) is 27.5 Å². The molecule has 0 heterocycles. The fourth-order valence-corrected chi connectivity index (χ4v) is 3.93. The Kier molecular flexibility index (Phi) is 5.74. The molecule has 0 unspecified atom stereocenters. The maximum Gasteiger partial charge on any atom is 0.255 e. The van der Waals surface area contributed by atoms with Crippen molar-refractivity contribution in [1.82, 2.24) is 0 Å². The van der Waals surface area contributed by atoms with E-state index in [1.54, 1.807) is 48.5 Å². The van der Waals surface area contributed by atoms with E-state index in [-0.39, 0.29) is 24.7 Å². The second-order valence-corrected chi connectivity index (χ2v) is 8.03. The molecule has 0 aliphatic heterocycles. The smallest absolute Gasteiger partial charge is 0.255 e. The number of halogens is 3. The van der Waals surface area contributed by atoms with Crippen LogP contribution in [0.2, 0.25) is 5.02 Å². The fourth-order valence-electron chi connectivity index (χ4n) is 3.74. The Morgan fingerprint density at radius 1 is 0.903 bits per heavy atom. The van der Waals surface area contributed by atoms with Gasteiger partial charge in [0.25, 0.3) is 5.91 Å². The average molecular weight is 441 g/mol. The lowest BCUT2D eigenvalue weighted by Gasteiger charge is -2.43. The molecule has 1 aliphatic carbocycles. The molecule has 0 saturated heterocycles. The van der Waals surface area contributed by atoms with E-state index in [4.69, 9.17) is 11.6 Å². The van der Waals surface area contributed by atoms with E-state index >= 15 is 0 Å². The van der Waals surface area contributed by atoms with Crippen molar-refractivity contribution in [2.75, 3.05) is 10.6 Å². The van der Waals surface area contributed by atoms with Crippen LogP contribution in [0.15, 0.2) is 72.8 Å². The van der Waals surface area contributed by atoms with Gasteiger partial charge in [0.05, 0.1) is 5.41 Å². The molecule has 0 atom stereocenters. The zero-order valence-corrected chi connectivity index (χ0v) is 17.1. The molecule has 2 amide bonds. The number of hydrogen-bond acceptors (Lipinski definition) is 2. The van der Waals surface area contributed by atoms with E-state index in [9.17, 15) is 18.4 Å². The molecule has 1 aliphatic rings. The topological polar surface area (TPSA) is 58.2 Å². The quantitative estimate of drug-likeness (QED) is 0.531. The van der Waals surface area contributed by atoms with E-state index in [0.717, 1.165) is 0 Å². The van der Waals surface area contributed by atoms with Crippen molar-refractivity contribution < 1.29 is 18.4 Å². The van der Waals surface area contributed by atoms with Crippen LogP contribution < -0.4 is 10.6 Å². The van der Waals surface area contributed by atoms with Crippen LogP contribution in [0.4, 0.5) is 20.2 Å². The monoisotopic (exact) mass is 440 g/mol. The summed E-state index contributed by atoms with van der Waals surface area (Å²) in [6.07, 6.45) is -0.941. The predicted molar refractivity (Wildman–Crippen MR) is 117 cm³/mol. The van der Waals surface area contributed by atoms with Gasteiger partial charge in [-0.05, 0) is 73.0 Å². The first-order valence-corrected chi connectivity index (χ1v) is 10.1. The first-order chi connectivity index (χ1) is 14.9. The summed E-state index contributed by atoms with van der Waals surface area (Å²) >= 11 is 5.93. The maximum absolute atomic E-state index is 13.8. The summed E-state index contributed by atoms with van der Waals surface area (Å²) in [6.45, 7) is 0. The molecule has 0 bridgehead atoms. The minimum Gasteiger partial charge on any atom is -0.325 e. The van der Waals surface area contributed by atoms with Crippen molar-refractivity contribution in [3.63, 3.8) is 0 Å². The molecule has 31 heavy (non-hydrogen) atoms. The van der Waals surface area contributed by atoms with Gasteiger partial charge < -0.3 is 10.6 Å². The first-order valence-electron chi connectivity index (χ1n) is 9.74. The Morgan fingerprint density at radius 3 is 2.13 bits per heavy atom. The molecular weight excluding hydrogens is 422 g/mol. The molecule has 4 rings (SSSR count). The molecule has 0 spiro atoms. The van der Waals surface area contributed by atoms with Crippen LogP contribution in [0.3, 0.4) is 0 Å². The Morgan fingerprint density at radius 2 is 1.52 bits per heavy atom. The number of alkyl halides is 1. The highest BCUT2D eigenvalue weighted by atomic mass is 35.5. The largest absolute Gasteiger partial charge is 0.325 e. The highest BCUT2D eigenvalue weighted by Crippen LogP contribution is 2.46. The minimum atomic E-state index is -1.07. The molecule has 7 heteroatoms.